The van der Waals surface area contributed by atoms with Crippen LogP contribution >= 0.6 is 0 Å². The van der Waals surface area contributed by atoms with Gasteiger partial charge in [-0.25, -0.2) is 9.97 Å². The van der Waals surface area contributed by atoms with Crippen LogP contribution in [0.25, 0.3) is 11.4 Å². The van der Waals surface area contributed by atoms with Crippen LogP contribution in [-0.4, -0.2) is 40.1 Å². The van der Waals surface area contributed by atoms with E-state index in [1.807, 2.05) is 6.07 Å². The molecule has 1 aromatic carbocycles. The minimum atomic E-state index is 0.0943. The van der Waals surface area contributed by atoms with Crippen LogP contribution in [0.5, 0.6) is 5.75 Å². The van der Waals surface area contributed by atoms with Crippen LogP contribution in [0, 0.1) is 11.3 Å². The Kier molecular flexibility index (Phi) is 6.53. The van der Waals surface area contributed by atoms with E-state index in [1.54, 1.807) is 18.2 Å². The summed E-state index contributed by atoms with van der Waals surface area (Å²) in [5.41, 5.74) is 7.58. The van der Waals surface area contributed by atoms with Crippen molar-refractivity contribution in [3.05, 3.63) is 35.5 Å². The number of nitrogens with two attached hydrogens (primary N) is 1. The summed E-state index contributed by atoms with van der Waals surface area (Å²) >= 11 is 0. The molecule has 0 spiro atoms. The Hall–Kier alpha value is -2.65. The van der Waals surface area contributed by atoms with Crippen LogP contribution < -0.4 is 5.73 Å². The molecule has 6 nitrogen and oxygen atoms in total. The van der Waals surface area contributed by atoms with Crippen molar-refractivity contribution >= 4 is 5.82 Å². The van der Waals surface area contributed by atoms with Gasteiger partial charge in [-0.1, -0.05) is 19.1 Å². The van der Waals surface area contributed by atoms with E-state index < -0.39 is 0 Å². The third kappa shape index (κ3) is 4.30. The predicted octanol–water partition coefficient (Wildman–Crippen LogP) is 3.53. The van der Waals surface area contributed by atoms with Gasteiger partial charge < -0.3 is 15.7 Å². The van der Waals surface area contributed by atoms with Crippen LogP contribution in [0.4, 0.5) is 5.82 Å². The van der Waals surface area contributed by atoms with Gasteiger partial charge in [-0.05, 0) is 52.4 Å². The van der Waals surface area contributed by atoms with Crippen molar-refractivity contribution in [1.82, 2.24) is 14.9 Å². The van der Waals surface area contributed by atoms with Crippen molar-refractivity contribution in [2.24, 2.45) is 0 Å². The molecule has 2 aromatic rings. The number of aromatic nitrogens is 2. The van der Waals surface area contributed by atoms with Crippen molar-refractivity contribution in [3.8, 4) is 23.2 Å². The first-order valence-electron chi connectivity index (χ1n) is 8.91. The molecule has 0 saturated carbocycles. The average molecular weight is 353 g/mol. The monoisotopic (exact) mass is 353 g/mol. The van der Waals surface area contributed by atoms with Crippen LogP contribution in [-0.2, 0) is 0 Å². The molecule has 26 heavy (non-hydrogen) atoms. The highest BCUT2D eigenvalue weighted by atomic mass is 16.3. The summed E-state index contributed by atoms with van der Waals surface area (Å²) in [6.07, 6.45) is 2.75. The number of hydrogen-bond donors (Lipinski definition) is 2. The number of benzene rings is 1. The number of nitriles is 1. The number of aromatic hydroxyl groups is 1. The highest BCUT2D eigenvalue weighted by Gasteiger charge is 2.22. The molecular formula is C20H27N5O. The number of hydrogen-bond acceptors (Lipinski definition) is 6. The number of phenols is 1. The van der Waals surface area contributed by atoms with E-state index in [1.165, 1.54) is 0 Å². The van der Waals surface area contributed by atoms with Crippen LogP contribution in [0.3, 0.4) is 0 Å². The molecule has 138 valence electrons. The first-order chi connectivity index (χ1) is 12.4. The maximum Gasteiger partial charge on any atom is 0.165 e. The third-order valence-corrected chi connectivity index (χ3v) is 4.92. The van der Waals surface area contributed by atoms with Gasteiger partial charge >= 0.3 is 0 Å². The zero-order valence-electron chi connectivity index (χ0n) is 15.9. The average Bonchev–Trinajstić information content (AvgIpc) is 2.62. The molecule has 0 aliphatic heterocycles. The summed E-state index contributed by atoms with van der Waals surface area (Å²) in [4.78, 5) is 11.1. The SMILES string of the molecule is CCC(CCC(C)N(C)C)c1nc(-c2ccccc2O)nc(N)c1C#N. The second-order valence-electron chi connectivity index (χ2n) is 6.82. The highest BCUT2D eigenvalue weighted by Crippen LogP contribution is 2.33. The van der Waals surface area contributed by atoms with Gasteiger partial charge in [0.15, 0.2) is 5.82 Å². The Morgan fingerprint density at radius 1 is 1.23 bits per heavy atom. The molecule has 2 unspecified atom stereocenters. The molecular weight excluding hydrogens is 326 g/mol. The number of rotatable bonds is 7. The Bertz CT molecular complexity index is 797. The second kappa shape index (κ2) is 8.63. The van der Waals surface area contributed by atoms with Gasteiger partial charge in [0, 0.05) is 12.0 Å². The lowest BCUT2D eigenvalue weighted by atomic mass is 9.91. The lowest BCUT2D eigenvalue weighted by molar-refractivity contribution is 0.286. The van der Waals surface area contributed by atoms with E-state index in [4.69, 9.17) is 5.73 Å². The molecule has 0 fully saturated rings. The molecule has 1 heterocycles. The van der Waals surface area contributed by atoms with Crippen molar-refractivity contribution in [3.63, 3.8) is 0 Å². The van der Waals surface area contributed by atoms with Crippen molar-refractivity contribution < 1.29 is 5.11 Å². The molecule has 2 rings (SSSR count). The van der Waals surface area contributed by atoms with Crippen molar-refractivity contribution in [1.29, 1.82) is 5.26 Å². The van der Waals surface area contributed by atoms with Gasteiger partial charge in [0.1, 0.15) is 23.2 Å². The number of nitrogen functional groups attached to an aromatic ring is 1. The van der Waals surface area contributed by atoms with Crippen LogP contribution in [0.2, 0.25) is 0 Å². The summed E-state index contributed by atoms with van der Waals surface area (Å²) in [7, 11) is 4.12. The summed E-state index contributed by atoms with van der Waals surface area (Å²) in [6, 6.07) is 9.48. The van der Waals surface area contributed by atoms with Gasteiger partial charge in [-0.3, -0.25) is 0 Å². The van der Waals surface area contributed by atoms with Crippen molar-refractivity contribution in [2.75, 3.05) is 19.8 Å². The summed E-state index contributed by atoms with van der Waals surface area (Å²) < 4.78 is 0. The topological polar surface area (TPSA) is 99.1 Å². The van der Waals surface area contributed by atoms with Crippen molar-refractivity contribution in [2.45, 2.75) is 45.1 Å². The quantitative estimate of drug-likeness (QED) is 0.790. The third-order valence-electron chi connectivity index (χ3n) is 4.92. The van der Waals surface area contributed by atoms with E-state index in [9.17, 15) is 10.4 Å². The van der Waals surface area contributed by atoms with E-state index >= 15 is 0 Å². The maximum absolute atomic E-state index is 10.1. The van der Waals surface area contributed by atoms with Gasteiger partial charge in [0.2, 0.25) is 0 Å². The highest BCUT2D eigenvalue weighted by molar-refractivity contribution is 5.66. The van der Waals surface area contributed by atoms with E-state index in [0.29, 0.717) is 28.7 Å². The minimum absolute atomic E-state index is 0.0943. The predicted molar refractivity (Wildman–Crippen MR) is 104 cm³/mol. The summed E-state index contributed by atoms with van der Waals surface area (Å²) in [5, 5.41) is 19.7. The molecule has 0 aliphatic carbocycles. The van der Waals surface area contributed by atoms with Gasteiger partial charge in [0.25, 0.3) is 0 Å². The molecule has 0 saturated heterocycles. The standard InChI is InChI=1S/C20H27N5O/c1-5-14(11-10-13(2)25(3)4)18-16(12-21)19(22)24-20(23-18)15-8-6-7-9-17(15)26/h6-9,13-14,26H,5,10-11H2,1-4H3,(H2,22,23,24). The molecule has 0 radical (unpaired) electrons. The van der Waals surface area contributed by atoms with E-state index in [0.717, 1.165) is 19.3 Å². The Balaban J connectivity index is 2.45. The lowest BCUT2D eigenvalue weighted by Crippen LogP contribution is -2.25. The zero-order chi connectivity index (χ0) is 19.3. The molecule has 3 N–H and O–H groups in total. The number of phenolic OH excluding ortho intramolecular Hbond substituents is 1. The molecule has 6 heteroatoms. The smallest absolute Gasteiger partial charge is 0.165 e. The van der Waals surface area contributed by atoms with Gasteiger partial charge in [-0.15, -0.1) is 0 Å². The minimum Gasteiger partial charge on any atom is -0.507 e. The molecule has 0 amide bonds. The summed E-state index contributed by atoms with van der Waals surface area (Å²) in [6.45, 7) is 4.27. The van der Waals surface area contributed by atoms with Crippen LogP contribution in [0.15, 0.2) is 24.3 Å². The van der Waals surface area contributed by atoms with Gasteiger partial charge in [-0.2, -0.15) is 5.26 Å². The maximum atomic E-state index is 10.1. The van der Waals surface area contributed by atoms with Gasteiger partial charge in [0.05, 0.1) is 11.3 Å². The first kappa shape index (κ1) is 19.7. The summed E-state index contributed by atoms with van der Waals surface area (Å²) in [5.74, 6) is 0.724. The number of nitrogens with zero attached hydrogens (tertiary/aromatic N) is 4. The largest absolute Gasteiger partial charge is 0.507 e. The fourth-order valence-corrected chi connectivity index (χ4v) is 2.92. The van der Waals surface area contributed by atoms with Crippen LogP contribution in [0.1, 0.15) is 50.3 Å². The van der Waals surface area contributed by atoms with E-state index in [-0.39, 0.29) is 17.5 Å². The number of para-hydroxylation sites is 1. The lowest BCUT2D eigenvalue weighted by Gasteiger charge is -2.23. The number of anilines is 1. The first-order valence-corrected chi connectivity index (χ1v) is 8.91. The molecule has 0 bridgehead atoms. The fraction of sp³-hybridized carbons (Fsp3) is 0.450. The fourth-order valence-electron chi connectivity index (χ4n) is 2.92. The molecule has 1 aromatic heterocycles. The second-order valence-corrected chi connectivity index (χ2v) is 6.82. The molecule has 2 atom stereocenters. The Labute approximate surface area is 155 Å². The normalized spacial score (nSPS) is 13.4. The zero-order valence-corrected chi connectivity index (χ0v) is 15.9. The Morgan fingerprint density at radius 2 is 1.92 bits per heavy atom. The Morgan fingerprint density at radius 3 is 2.50 bits per heavy atom. The molecule has 0 aliphatic rings. The van der Waals surface area contributed by atoms with E-state index in [2.05, 4.69) is 48.9 Å².